The van der Waals surface area contributed by atoms with Gasteiger partial charge in [0, 0.05) is 6.42 Å². The van der Waals surface area contributed by atoms with E-state index in [2.05, 4.69) is 25.3 Å². The minimum atomic E-state index is -0.272. The Kier molecular flexibility index (Phi) is 2.45. The highest BCUT2D eigenvalue weighted by molar-refractivity contribution is 7.19. The molecule has 8 heteroatoms. The Morgan fingerprint density at radius 3 is 3.00 bits per heavy atom. The molecule has 0 aliphatic heterocycles. The van der Waals surface area contributed by atoms with Crippen LogP contribution in [0.15, 0.2) is 6.20 Å². The number of hydrogen-bond acceptors (Lipinski definition) is 6. The highest BCUT2D eigenvalue weighted by Gasteiger charge is 2.37. The van der Waals surface area contributed by atoms with Crippen LogP contribution in [0.25, 0.3) is 15.7 Å². The van der Waals surface area contributed by atoms with E-state index in [1.807, 2.05) is 6.92 Å². The normalized spacial score (nSPS) is 17.5. The van der Waals surface area contributed by atoms with Crippen molar-refractivity contribution in [1.29, 1.82) is 0 Å². The molecule has 1 aliphatic rings. The summed E-state index contributed by atoms with van der Waals surface area (Å²) in [7, 11) is 0. The number of aryl methyl sites for hydroxylation is 1. The van der Waals surface area contributed by atoms with Crippen molar-refractivity contribution in [3.05, 3.63) is 17.8 Å². The molecular formula is C12H15N7S. The maximum absolute atomic E-state index is 6.28. The molecule has 7 nitrogen and oxygen atoms in total. The van der Waals surface area contributed by atoms with Crippen LogP contribution in [-0.4, -0.2) is 29.8 Å². The van der Waals surface area contributed by atoms with E-state index in [0.29, 0.717) is 0 Å². The van der Waals surface area contributed by atoms with Crippen LogP contribution in [0.2, 0.25) is 0 Å². The zero-order chi connectivity index (χ0) is 13.7. The molecule has 4 rings (SSSR count). The molecule has 0 bridgehead atoms. The zero-order valence-corrected chi connectivity index (χ0v) is 11.9. The predicted molar refractivity (Wildman–Crippen MR) is 75.3 cm³/mol. The van der Waals surface area contributed by atoms with Gasteiger partial charge in [-0.25, -0.2) is 4.98 Å². The third kappa shape index (κ3) is 1.61. The lowest BCUT2D eigenvalue weighted by molar-refractivity contribution is 0.240. The van der Waals surface area contributed by atoms with Gasteiger partial charge in [0.1, 0.15) is 5.82 Å². The van der Waals surface area contributed by atoms with E-state index in [4.69, 9.17) is 5.73 Å². The summed E-state index contributed by atoms with van der Waals surface area (Å²) in [5.74, 6) is 1.73. The average Bonchev–Trinajstić information content (AvgIpc) is 3.09. The number of nitrogens with two attached hydrogens (primary N) is 1. The number of imidazole rings is 1. The fraction of sp³-hybridized carbons (Fsp3) is 0.500. The van der Waals surface area contributed by atoms with Crippen LogP contribution in [0, 0.1) is 0 Å². The third-order valence-corrected chi connectivity index (χ3v) is 4.83. The molecule has 0 amide bonds. The molecule has 3 N–H and O–H groups in total. The van der Waals surface area contributed by atoms with E-state index in [1.54, 1.807) is 10.7 Å². The second-order valence-electron chi connectivity index (χ2n) is 5.23. The SMILES string of the molecule is CCc1nnc2sc(-c3cnc(C4(N)CCC4)[nH]3)nn12. The Bertz CT molecular complexity index is 764. The van der Waals surface area contributed by atoms with Gasteiger partial charge < -0.3 is 10.7 Å². The molecule has 3 aromatic heterocycles. The number of fused-ring (bicyclic) bond motifs is 1. The van der Waals surface area contributed by atoms with Crippen molar-refractivity contribution < 1.29 is 0 Å². The Hall–Kier alpha value is -1.80. The highest BCUT2D eigenvalue weighted by atomic mass is 32.1. The minimum absolute atomic E-state index is 0.272. The van der Waals surface area contributed by atoms with Crippen molar-refractivity contribution in [2.45, 2.75) is 38.1 Å². The molecule has 0 radical (unpaired) electrons. The number of nitrogens with zero attached hydrogens (tertiary/aromatic N) is 5. The van der Waals surface area contributed by atoms with Crippen LogP contribution in [0.3, 0.4) is 0 Å². The molecule has 0 aromatic carbocycles. The van der Waals surface area contributed by atoms with E-state index in [-0.39, 0.29) is 5.54 Å². The molecule has 20 heavy (non-hydrogen) atoms. The van der Waals surface area contributed by atoms with Gasteiger partial charge in [-0.2, -0.15) is 9.61 Å². The molecule has 3 heterocycles. The quantitative estimate of drug-likeness (QED) is 0.761. The number of aromatic amines is 1. The fourth-order valence-corrected chi connectivity index (χ4v) is 3.29. The Labute approximate surface area is 119 Å². The van der Waals surface area contributed by atoms with Crippen molar-refractivity contribution in [3.63, 3.8) is 0 Å². The first kappa shape index (κ1) is 12.0. The standard InChI is InChI=1S/C12H15N7S/c1-2-8-16-17-11-19(8)18-9(20-11)7-6-14-10(15-7)12(13)4-3-5-12/h6H,2-5,13H2,1H3,(H,14,15). The largest absolute Gasteiger partial charge is 0.338 e. The van der Waals surface area contributed by atoms with Gasteiger partial charge in [-0.15, -0.1) is 10.2 Å². The van der Waals surface area contributed by atoms with E-state index in [1.165, 1.54) is 17.8 Å². The number of aromatic nitrogens is 6. The molecule has 104 valence electrons. The summed E-state index contributed by atoms with van der Waals surface area (Å²) >= 11 is 1.50. The molecule has 0 unspecified atom stereocenters. The topological polar surface area (TPSA) is 97.8 Å². The fourth-order valence-electron chi connectivity index (χ4n) is 2.46. The molecule has 1 saturated carbocycles. The molecule has 0 spiro atoms. The highest BCUT2D eigenvalue weighted by Crippen LogP contribution is 2.37. The maximum atomic E-state index is 6.28. The van der Waals surface area contributed by atoms with Crippen LogP contribution < -0.4 is 5.73 Å². The lowest BCUT2D eigenvalue weighted by Crippen LogP contribution is -2.44. The number of H-pyrrole nitrogens is 1. The number of hydrogen-bond donors (Lipinski definition) is 2. The van der Waals surface area contributed by atoms with Crippen molar-refractivity contribution in [2.24, 2.45) is 5.73 Å². The Morgan fingerprint density at radius 2 is 2.30 bits per heavy atom. The monoisotopic (exact) mass is 289 g/mol. The molecule has 1 fully saturated rings. The zero-order valence-electron chi connectivity index (χ0n) is 11.1. The lowest BCUT2D eigenvalue weighted by Gasteiger charge is -2.35. The van der Waals surface area contributed by atoms with Crippen LogP contribution in [0.5, 0.6) is 0 Å². The minimum Gasteiger partial charge on any atom is -0.338 e. The average molecular weight is 289 g/mol. The van der Waals surface area contributed by atoms with Crippen molar-refractivity contribution in [3.8, 4) is 10.7 Å². The molecule has 0 atom stereocenters. The van der Waals surface area contributed by atoms with E-state index < -0.39 is 0 Å². The summed E-state index contributed by atoms with van der Waals surface area (Å²) in [6.45, 7) is 2.04. The summed E-state index contributed by atoms with van der Waals surface area (Å²) in [5, 5.41) is 13.6. The van der Waals surface area contributed by atoms with Crippen LogP contribution in [0.1, 0.15) is 37.8 Å². The summed E-state index contributed by atoms with van der Waals surface area (Å²) in [5.41, 5.74) is 6.90. The second kappa shape index (κ2) is 4.10. The first-order valence-corrected chi connectivity index (χ1v) is 7.57. The van der Waals surface area contributed by atoms with Crippen LogP contribution in [0.4, 0.5) is 0 Å². The van der Waals surface area contributed by atoms with Gasteiger partial charge in [0.05, 0.1) is 17.4 Å². The number of nitrogens with one attached hydrogen (secondary N) is 1. The van der Waals surface area contributed by atoms with Gasteiger partial charge >= 0.3 is 0 Å². The molecule has 0 saturated heterocycles. The van der Waals surface area contributed by atoms with Crippen molar-refractivity contribution >= 4 is 16.3 Å². The predicted octanol–water partition coefficient (Wildman–Crippen LogP) is 1.48. The first-order valence-electron chi connectivity index (χ1n) is 6.75. The van der Waals surface area contributed by atoms with Crippen LogP contribution in [-0.2, 0) is 12.0 Å². The van der Waals surface area contributed by atoms with Crippen LogP contribution >= 0.6 is 11.3 Å². The van der Waals surface area contributed by atoms with Gasteiger partial charge in [0.2, 0.25) is 4.96 Å². The van der Waals surface area contributed by atoms with Crippen molar-refractivity contribution in [1.82, 2.24) is 29.8 Å². The summed E-state index contributed by atoms with van der Waals surface area (Å²) in [6.07, 6.45) is 5.77. The van der Waals surface area contributed by atoms with Gasteiger partial charge in [0.15, 0.2) is 10.8 Å². The van der Waals surface area contributed by atoms with E-state index in [9.17, 15) is 0 Å². The summed E-state index contributed by atoms with van der Waals surface area (Å²) in [4.78, 5) is 8.54. The van der Waals surface area contributed by atoms with E-state index in [0.717, 1.165) is 46.6 Å². The molecule has 3 aromatic rings. The first-order chi connectivity index (χ1) is 9.69. The number of rotatable bonds is 3. The lowest BCUT2D eigenvalue weighted by atomic mass is 9.77. The van der Waals surface area contributed by atoms with E-state index >= 15 is 0 Å². The van der Waals surface area contributed by atoms with Gasteiger partial charge in [-0.05, 0) is 19.3 Å². The Balaban J connectivity index is 1.73. The smallest absolute Gasteiger partial charge is 0.235 e. The Morgan fingerprint density at radius 1 is 1.45 bits per heavy atom. The third-order valence-electron chi connectivity index (χ3n) is 3.90. The second-order valence-corrected chi connectivity index (χ2v) is 6.18. The van der Waals surface area contributed by atoms with Gasteiger partial charge in [-0.3, -0.25) is 0 Å². The molecule has 1 aliphatic carbocycles. The molecular weight excluding hydrogens is 274 g/mol. The summed E-state index contributed by atoms with van der Waals surface area (Å²) in [6, 6.07) is 0. The van der Waals surface area contributed by atoms with Crippen molar-refractivity contribution in [2.75, 3.05) is 0 Å². The van der Waals surface area contributed by atoms with Gasteiger partial charge in [0.25, 0.3) is 0 Å². The van der Waals surface area contributed by atoms with Gasteiger partial charge in [-0.1, -0.05) is 18.3 Å². The maximum Gasteiger partial charge on any atom is 0.235 e. The summed E-state index contributed by atoms with van der Waals surface area (Å²) < 4.78 is 1.79.